The van der Waals surface area contributed by atoms with Gasteiger partial charge in [-0.3, -0.25) is 4.79 Å². The highest BCUT2D eigenvalue weighted by molar-refractivity contribution is 5.94. The van der Waals surface area contributed by atoms with Crippen LogP contribution in [0.3, 0.4) is 0 Å². The molecule has 0 bridgehead atoms. The second-order valence-corrected chi connectivity index (χ2v) is 6.32. The molecule has 0 saturated carbocycles. The molecular weight excluding hydrogens is 382 g/mol. The lowest BCUT2D eigenvalue weighted by Gasteiger charge is -2.16. The molecule has 3 rings (SSSR count). The number of hydrogen-bond donors (Lipinski definition) is 2. The Hall–Kier alpha value is -2.72. The fourth-order valence-corrected chi connectivity index (χ4v) is 2.78. The maximum Gasteiger partial charge on any atom is 0.433 e. The molecule has 150 valence electrons. The molecule has 10 heteroatoms. The zero-order valence-corrected chi connectivity index (χ0v) is 14.5. The Morgan fingerprint density at radius 2 is 2.04 bits per heavy atom. The number of hydrogen-bond acceptors (Lipinski definition) is 5. The third kappa shape index (κ3) is 4.39. The zero-order valence-electron chi connectivity index (χ0n) is 14.5. The van der Waals surface area contributed by atoms with Crippen molar-refractivity contribution in [2.75, 3.05) is 13.1 Å². The summed E-state index contributed by atoms with van der Waals surface area (Å²) in [6, 6.07) is 7.78. The number of carbonyl (C=O) groups is 1. The SMILES string of the molecule is NCc1cc(Oc2cccc(C(=O)N3C[C@H](O)[C@@H](F)C3)c2)nc(C(F)(F)F)c1. The number of alkyl halides is 4. The van der Waals surface area contributed by atoms with Crippen molar-refractivity contribution in [3.63, 3.8) is 0 Å². The van der Waals surface area contributed by atoms with Gasteiger partial charge in [0.1, 0.15) is 23.7 Å². The van der Waals surface area contributed by atoms with Gasteiger partial charge in [-0.15, -0.1) is 0 Å². The van der Waals surface area contributed by atoms with Gasteiger partial charge in [-0.2, -0.15) is 13.2 Å². The molecule has 1 fully saturated rings. The Labute approximate surface area is 157 Å². The maximum atomic E-state index is 13.4. The van der Waals surface area contributed by atoms with Gasteiger partial charge in [0.25, 0.3) is 5.91 Å². The van der Waals surface area contributed by atoms with Crippen molar-refractivity contribution in [2.45, 2.75) is 25.0 Å². The third-order valence-corrected chi connectivity index (χ3v) is 4.20. The minimum atomic E-state index is -4.67. The number of aliphatic hydroxyl groups excluding tert-OH is 1. The van der Waals surface area contributed by atoms with Crippen LogP contribution in [0.4, 0.5) is 17.6 Å². The summed E-state index contributed by atoms with van der Waals surface area (Å²) in [5.41, 5.74) is 4.62. The van der Waals surface area contributed by atoms with Gasteiger partial charge in [-0.25, -0.2) is 9.37 Å². The molecule has 1 aliphatic rings. The van der Waals surface area contributed by atoms with Gasteiger partial charge >= 0.3 is 6.18 Å². The van der Waals surface area contributed by atoms with Crippen molar-refractivity contribution in [2.24, 2.45) is 5.73 Å². The molecule has 2 aromatic rings. The minimum Gasteiger partial charge on any atom is -0.439 e. The van der Waals surface area contributed by atoms with Crippen molar-refractivity contribution < 1.29 is 32.2 Å². The van der Waals surface area contributed by atoms with Gasteiger partial charge in [0.2, 0.25) is 5.88 Å². The summed E-state index contributed by atoms with van der Waals surface area (Å²) in [4.78, 5) is 17.0. The van der Waals surface area contributed by atoms with E-state index < -0.39 is 30.1 Å². The number of halogens is 4. The maximum absolute atomic E-state index is 13.4. The van der Waals surface area contributed by atoms with Crippen LogP contribution in [-0.2, 0) is 12.7 Å². The first-order chi connectivity index (χ1) is 13.2. The molecule has 2 heterocycles. The van der Waals surface area contributed by atoms with Crippen LogP contribution in [-0.4, -0.2) is 46.3 Å². The number of nitrogens with two attached hydrogens (primary N) is 1. The minimum absolute atomic E-state index is 0.0807. The number of rotatable bonds is 4. The van der Waals surface area contributed by atoms with Gasteiger partial charge in [-0.1, -0.05) is 6.07 Å². The zero-order chi connectivity index (χ0) is 20.5. The highest BCUT2D eigenvalue weighted by atomic mass is 19.4. The number of ether oxygens (including phenoxy) is 1. The highest BCUT2D eigenvalue weighted by Crippen LogP contribution is 2.31. The number of benzene rings is 1. The summed E-state index contributed by atoms with van der Waals surface area (Å²) >= 11 is 0. The van der Waals surface area contributed by atoms with Crippen molar-refractivity contribution in [1.82, 2.24) is 9.88 Å². The van der Waals surface area contributed by atoms with Crippen molar-refractivity contribution in [3.05, 3.63) is 53.2 Å². The molecule has 2 atom stereocenters. The quantitative estimate of drug-likeness (QED) is 0.772. The van der Waals surface area contributed by atoms with E-state index in [-0.39, 0.29) is 42.4 Å². The lowest BCUT2D eigenvalue weighted by atomic mass is 10.2. The van der Waals surface area contributed by atoms with Crippen molar-refractivity contribution in [1.29, 1.82) is 0 Å². The predicted molar refractivity (Wildman–Crippen MR) is 90.5 cm³/mol. The molecule has 0 radical (unpaired) electrons. The van der Waals surface area contributed by atoms with E-state index in [1.807, 2.05) is 0 Å². The van der Waals surface area contributed by atoms with E-state index in [2.05, 4.69) is 4.98 Å². The van der Waals surface area contributed by atoms with Crippen LogP contribution in [0.2, 0.25) is 0 Å². The number of carbonyl (C=O) groups excluding carboxylic acids is 1. The molecule has 6 nitrogen and oxygen atoms in total. The fourth-order valence-electron chi connectivity index (χ4n) is 2.78. The van der Waals surface area contributed by atoms with E-state index in [4.69, 9.17) is 10.5 Å². The number of nitrogens with zero attached hydrogens (tertiary/aromatic N) is 2. The average Bonchev–Trinajstić information content (AvgIpc) is 2.99. The van der Waals surface area contributed by atoms with Crippen molar-refractivity contribution in [3.8, 4) is 11.6 Å². The molecule has 1 aromatic carbocycles. The topological polar surface area (TPSA) is 88.7 Å². The van der Waals surface area contributed by atoms with Gasteiger partial charge < -0.3 is 20.5 Å². The number of pyridine rings is 1. The Morgan fingerprint density at radius 3 is 2.64 bits per heavy atom. The van der Waals surface area contributed by atoms with Crippen LogP contribution in [0.15, 0.2) is 36.4 Å². The smallest absolute Gasteiger partial charge is 0.433 e. The molecule has 28 heavy (non-hydrogen) atoms. The Kier molecular flexibility index (Phi) is 5.52. The van der Waals surface area contributed by atoms with Crippen LogP contribution in [0.5, 0.6) is 11.6 Å². The van der Waals surface area contributed by atoms with E-state index in [0.717, 1.165) is 11.0 Å². The largest absolute Gasteiger partial charge is 0.439 e. The highest BCUT2D eigenvalue weighted by Gasteiger charge is 2.35. The van der Waals surface area contributed by atoms with Gasteiger partial charge in [-0.05, 0) is 29.8 Å². The van der Waals surface area contributed by atoms with Gasteiger partial charge in [0.15, 0.2) is 0 Å². The van der Waals surface area contributed by atoms with Crippen LogP contribution in [0, 0.1) is 0 Å². The summed E-state index contributed by atoms with van der Waals surface area (Å²) in [6.07, 6.45) is -7.43. The van der Waals surface area contributed by atoms with E-state index >= 15 is 0 Å². The summed E-state index contributed by atoms with van der Waals surface area (Å²) in [5, 5.41) is 9.45. The summed E-state index contributed by atoms with van der Waals surface area (Å²) in [7, 11) is 0. The molecule has 0 unspecified atom stereocenters. The summed E-state index contributed by atoms with van der Waals surface area (Å²) in [6.45, 7) is -0.511. The number of aromatic nitrogens is 1. The molecule has 0 spiro atoms. The standard InChI is InChI=1S/C18H17F4N3O3/c19-13-8-25(9-14(13)26)17(27)11-2-1-3-12(6-11)28-16-5-10(7-23)4-15(24-16)18(20,21)22/h1-6,13-14,26H,7-9,23H2/t13-,14-/m0/s1. The molecule has 1 aromatic heterocycles. The number of β-amino-alcohol motifs (C(OH)–C–C–N with tert-alkyl or cyclic N) is 1. The molecule has 3 N–H and O–H groups in total. The average molecular weight is 399 g/mol. The van der Waals surface area contributed by atoms with E-state index in [1.165, 1.54) is 30.3 Å². The van der Waals surface area contributed by atoms with Crippen LogP contribution >= 0.6 is 0 Å². The first-order valence-corrected chi connectivity index (χ1v) is 8.35. The van der Waals surface area contributed by atoms with Gasteiger partial charge in [0, 0.05) is 24.7 Å². The molecule has 1 aliphatic heterocycles. The number of likely N-dealkylation sites (tertiary alicyclic amines) is 1. The molecule has 0 aliphatic carbocycles. The van der Waals surface area contributed by atoms with Crippen molar-refractivity contribution >= 4 is 5.91 Å². The van der Waals surface area contributed by atoms with Gasteiger partial charge in [0.05, 0.1) is 6.54 Å². The summed E-state index contributed by atoms with van der Waals surface area (Å²) < 4.78 is 57.7. The van der Waals surface area contributed by atoms with E-state index in [1.54, 1.807) is 0 Å². The second-order valence-electron chi connectivity index (χ2n) is 6.32. The first kappa shape index (κ1) is 20.0. The Bertz CT molecular complexity index is 865. The molecule has 1 amide bonds. The third-order valence-electron chi connectivity index (χ3n) is 4.20. The number of aliphatic hydroxyl groups is 1. The van der Waals surface area contributed by atoms with E-state index in [0.29, 0.717) is 0 Å². The van der Waals surface area contributed by atoms with Crippen LogP contribution in [0.1, 0.15) is 21.6 Å². The predicted octanol–water partition coefficient (Wildman–Crippen LogP) is 2.51. The Balaban J connectivity index is 1.83. The molecule has 1 saturated heterocycles. The van der Waals surface area contributed by atoms with Crippen LogP contribution < -0.4 is 10.5 Å². The second kappa shape index (κ2) is 7.72. The summed E-state index contributed by atoms with van der Waals surface area (Å²) in [5.74, 6) is -0.762. The fraction of sp³-hybridized carbons (Fsp3) is 0.333. The monoisotopic (exact) mass is 399 g/mol. The lowest BCUT2D eigenvalue weighted by Crippen LogP contribution is -2.29. The van der Waals surface area contributed by atoms with Crippen LogP contribution in [0.25, 0.3) is 0 Å². The number of amides is 1. The molecular formula is C18H17F4N3O3. The van der Waals surface area contributed by atoms with E-state index in [9.17, 15) is 27.5 Å². The Morgan fingerprint density at radius 1 is 1.29 bits per heavy atom. The normalized spacial score (nSPS) is 19.7. The first-order valence-electron chi connectivity index (χ1n) is 8.35. The lowest BCUT2D eigenvalue weighted by molar-refractivity contribution is -0.141.